The molecule has 0 unspecified atom stereocenters. The van der Waals surface area contributed by atoms with Gasteiger partial charge in [-0.1, -0.05) is 24.3 Å². The van der Waals surface area contributed by atoms with Gasteiger partial charge in [-0.25, -0.2) is 4.79 Å². The fourth-order valence-electron chi connectivity index (χ4n) is 4.51. The van der Waals surface area contributed by atoms with E-state index in [-0.39, 0.29) is 24.7 Å². The minimum Gasteiger partial charge on any atom is -0.496 e. The Bertz CT molecular complexity index is 1570. The van der Waals surface area contributed by atoms with Gasteiger partial charge in [0.05, 0.1) is 38.8 Å². The molecule has 1 aliphatic rings. The Labute approximate surface area is 211 Å². The molecule has 0 fully saturated rings. The molecule has 0 atom stereocenters. The molecule has 1 aromatic heterocycles. The number of pyridine rings is 1. The van der Waals surface area contributed by atoms with Crippen molar-refractivity contribution in [3.63, 3.8) is 0 Å². The van der Waals surface area contributed by atoms with Crippen LogP contribution in [0.4, 0.5) is 4.79 Å². The molecule has 0 bridgehead atoms. The first-order valence-corrected chi connectivity index (χ1v) is 11.2. The number of ether oxygens (including phenoxy) is 6. The van der Waals surface area contributed by atoms with E-state index < -0.39 is 11.7 Å². The van der Waals surface area contributed by atoms with E-state index in [1.54, 1.807) is 36.4 Å². The maximum absolute atomic E-state index is 13.9. The molecule has 0 amide bonds. The zero-order chi connectivity index (χ0) is 26.1. The average Bonchev–Trinajstić information content (AvgIpc) is 3.38. The molecule has 0 spiro atoms. The molecule has 0 saturated heterocycles. The van der Waals surface area contributed by atoms with Gasteiger partial charge in [0.15, 0.2) is 23.0 Å². The van der Waals surface area contributed by atoms with Crippen molar-refractivity contribution in [2.45, 2.75) is 6.54 Å². The number of benzene rings is 3. The zero-order valence-electron chi connectivity index (χ0n) is 20.3. The van der Waals surface area contributed by atoms with Crippen LogP contribution in [0.2, 0.25) is 0 Å². The van der Waals surface area contributed by atoms with Crippen LogP contribution >= 0.6 is 0 Å². The molecule has 4 aromatic rings. The summed E-state index contributed by atoms with van der Waals surface area (Å²) in [6.07, 6.45) is -1.64. The van der Waals surface area contributed by atoms with Gasteiger partial charge in [0.25, 0.3) is 5.56 Å². The van der Waals surface area contributed by atoms with Crippen LogP contribution in [0.3, 0.4) is 0 Å². The summed E-state index contributed by atoms with van der Waals surface area (Å²) in [5.74, 6) is 1.86. The highest BCUT2D eigenvalue weighted by atomic mass is 16.7. The summed E-state index contributed by atoms with van der Waals surface area (Å²) in [5, 5.41) is 10.0. The Hall–Kier alpha value is -4.86. The number of hydrogen-bond donors (Lipinski definition) is 1. The summed E-state index contributed by atoms with van der Waals surface area (Å²) < 4.78 is 34.2. The number of hydrogen-bond acceptors (Lipinski definition) is 8. The molecule has 37 heavy (non-hydrogen) atoms. The predicted octanol–water partition coefficient (Wildman–Crippen LogP) is 4.53. The van der Waals surface area contributed by atoms with Gasteiger partial charge in [0.1, 0.15) is 5.75 Å². The minimum absolute atomic E-state index is 0.0513. The molecule has 0 saturated carbocycles. The first-order chi connectivity index (χ1) is 18.0. The van der Waals surface area contributed by atoms with Crippen LogP contribution < -0.4 is 34.0 Å². The Morgan fingerprint density at radius 3 is 2.41 bits per heavy atom. The lowest BCUT2D eigenvalue weighted by molar-refractivity contribution is 0.144. The van der Waals surface area contributed by atoms with E-state index in [1.165, 1.54) is 25.9 Å². The van der Waals surface area contributed by atoms with Crippen molar-refractivity contribution >= 4 is 17.1 Å². The summed E-state index contributed by atoms with van der Waals surface area (Å²) >= 11 is 0. The first kappa shape index (κ1) is 23.9. The van der Waals surface area contributed by atoms with Gasteiger partial charge in [0, 0.05) is 11.1 Å². The molecule has 0 aliphatic carbocycles. The first-order valence-electron chi connectivity index (χ1n) is 11.2. The third kappa shape index (κ3) is 4.12. The molecular formula is C27H23NO9. The van der Waals surface area contributed by atoms with Crippen LogP contribution in [0.5, 0.6) is 34.5 Å². The molecule has 0 radical (unpaired) electrons. The maximum Gasteiger partial charge on any atom is 0.511 e. The van der Waals surface area contributed by atoms with E-state index in [1.807, 2.05) is 18.2 Å². The van der Waals surface area contributed by atoms with Gasteiger partial charge in [-0.05, 0) is 35.9 Å². The van der Waals surface area contributed by atoms with Crippen LogP contribution in [0, 0.1) is 0 Å². The highest BCUT2D eigenvalue weighted by molar-refractivity contribution is 6.04. The molecule has 1 aliphatic heterocycles. The molecule has 190 valence electrons. The van der Waals surface area contributed by atoms with Gasteiger partial charge in [-0.3, -0.25) is 4.79 Å². The number of aromatic nitrogens is 1. The van der Waals surface area contributed by atoms with Gasteiger partial charge < -0.3 is 38.1 Å². The van der Waals surface area contributed by atoms with Crippen LogP contribution in [-0.2, 0) is 6.54 Å². The predicted molar refractivity (Wildman–Crippen MR) is 134 cm³/mol. The third-order valence-electron chi connectivity index (χ3n) is 6.10. The van der Waals surface area contributed by atoms with E-state index in [2.05, 4.69) is 0 Å². The lowest BCUT2D eigenvalue weighted by Crippen LogP contribution is -2.26. The van der Waals surface area contributed by atoms with Crippen LogP contribution in [0.1, 0.15) is 5.56 Å². The Morgan fingerprint density at radius 2 is 1.68 bits per heavy atom. The van der Waals surface area contributed by atoms with Crippen molar-refractivity contribution in [1.82, 2.24) is 4.57 Å². The van der Waals surface area contributed by atoms with Crippen molar-refractivity contribution in [3.05, 3.63) is 70.5 Å². The number of rotatable bonds is 7. The summed E-state index contributed by atoms with van der Waals surface area (Å²) in [6.45, 7) is 0.127. The topological polar surface area (TPSA) is 115 Å². The number of nitrogens with zero attached hydrogens (tertiary/aromatic N) is 1. The van der Waals surface area contributed by atoms with E-state index in [0.717, 1.165) is 0 Å². The van der Waals surface area contributed by atoms with E-state index in [9.17, 15) is 14.7 Å². The van der Waals surface area contributed by atoms with E-state index in [4.69, 9.17) is 28.4 Å². The van der Waals surface area contributed by atoms with E-state index >= 15 is 0 Å². The Kier molecular flexibility index (Phi) is 6.22. The lowest BCUT2D eigenvalue weighted by atomic mass is 9.98. The maximum atomic E-state index is 13.9. The zero-order valence-corrected chi connectivity index (χ0v) is 20.3. The number of carbonyl (C=O) groups is 1. The molecule has 5 rings (SSSR count). The molecule has 2 heterocycles. The van der Waals surface area contributed by atoms with Crippen molar-refractivity contribution in [2.24, 2.45) is 0 Å². The standard InChI is InChI=1S/C27H23NO9/c1-32-18-7-5-4-6-16(18)13-28-17-9-11-20(33-2)24(34-3)23(17)22(25(26(28)29)37-27(30)31)15-8-10-19-21(12-15)36-14-35-19/h4-12H,13-14H2,1-3H3,(H,30,31). The highest BCUT2D eigenvalue weighted by Gasteiger charge is 2.27. The van der Waals surface area contributed by atoms with Gasteiger partial charge in [-0.15, -0.1) is 0 Å². The summed E-state index contributed by atoms with van der Waals surface area (Å²) in [6, 6.07) is 15.7. The second-order valence-corrected chi connectivity index (χ2v) is 8.04. The van der Waals surface area contributed by atoms with Gasteiger partial charge in [-0.2, -0.15) is 0 Å². The van der Waals surface area contributed by atoms with Crippen LogP contribution in [0.25, 0.3) is 22.0 Å². The SMILES string of the molecule is COc1ccccc1Cn1c(=O)c(OC(=O)O)c(-c2ccc3c(c2)OCO3)c2c(OC)c(OC)ccc21. The lowest BCUT2D eigenvalue weighted by Gasteiger charge is -2.21. The van der Waals surface area contributed by atoms with Crippen molar-refractivity contribution in [1.29, 1.82) is 0 Å². The van der Waals surface area contributed by atoms with Crippen molar-refractivity contribution in [2.75, 3.05) is 28.1 Å². The van der Waals surface area contributed by atoms with Crippen LogP contribution in [0.15, 0.2) is 59.4 Å². The van der Waals surface area contributed by atoms with Gasteiger partial charge >= 0.3 is 6.16 Å². The van der Waals surface area contributed by atoms with E-state index in [0.29, 0.717) is 50.8 Å². The number of carboxylic acid groups (broad SMARTS) is 1. The molecule has 1 N–H and O–H groups in total. The monoisotopic (exact) mass is 505 g/mol. The number of para-hydroxylation sites is 1. The number of fused-ring (bicyclic) bond motifs is 2. The van der Waals surface area contributed by atoms with Crippen LogP contribution in [-0.4, -0.2) is 44.0 Å². The summed E-state index contributed by atoms with van der Waals surface area (Å²) in [7, 11) is 4.49. The quantitative estimate of drug-likeness (QED) is 0.362. The summed E-state index contributed by atoms with van der Waals surface area (Å²) in [4.78, 5) is 25.7. The third-order valence-corrected chi connectivity index (χ3v) is 6.10. The van der Waals surface area contributed by atoms with Crippen molar-refractivity contribution in [3.8, 4) is 45.6 Å². The second kappa shape index (κ2) is 9.65. The molecule has 10 heteroatoms. The molecular weight excluding hydrogens is 482 g/mol. The van der Waals surface area contributed by atoms with Gasteiger partial charge in [0.2, 0.25) is 12.5 Å². The Balaban J connectivity index is 1.90. The fraction of sp³-hybridized carbons (Fsp3) is 0.185. The Morgan fingerprint density at radius 1 is 0.919 bits per heavy atom. The number of methoxy groups -OCH3 is 3. The largest absolute Gasteiger partial charge is 0.511 e. The smallest absolute Gasteiger partial charge is 0.496 e. The second-order valence-electron chi connectivity index (χ2n) is 8.04. The molecule has 10 nitrogen and oxygen atoms in total. The minimum atomic E-state index is -1.64. The normalized spacial score (nSPS) is 11.9. The summed E-state index contributed by atoms with van der Waals surface area (Å²) in [5.41, 5.74) is 1.21. The average molecular weight is 505 g/mol. The molecule has 3 aromatic carbocycles. The highest BCUT2D eigenvalue weighted by Crippen LogP contribution is 2.46. The fourth-order valence-corrected chi connectivity index (χ4v) is 4.51. The van der Waals surface area contributed by atoms with Crippen molar-refractivity contribution < 1.29 is 38.3 Å².